The summed E-state index contributed by atoms with van der Waals surface area (Å²) in [6.45, 7) is 0.684. The zero-order chi connectivity index (χ0) is 16.3. The first-order valence-corrected chi connectivity index (χ1v) is 7.96. The Morgan fingerprint density at radius 1 is 1.17 bits per heavy atom. The number of ether oxygens (including phenoxy) is 1. The largest absolute Gasteiger partial charge is 0.497 e. The van der Waals surface area contributed by atoms with Crippen molar-refractivity contribution in [1.29, 1.82) is 0 Å². The lowest BCUT2D eigenvalue weighted by Crippen LogP contribution is -2.24. The van der Waals surface area contributed by atoms with Crippen LogP contribution in [0.25, 0.3) is 0 Å². The number of hydrogen-bond donors (Lipinski definition) is 2. The highest BCUT2D eigenvalue weighted by molar-refractivity contribution is 6.30. The Balaban J connectivity index is 1.63. The van der Waals surface area contributed by atoms with E-state index in [0.717, 1.165) is 29.3 Å². The number of nitrogens with two attached hydrogens (primary N) is 1. The second-order valence-electron chi connectivity index (χ2n) is 5.84. The molecule has 3 N–H and O–H groups in total. The monoisotopic (exact) mass is 329 g/mol. The maximum absolute atomic E-state index is 6.00. The predicted molar refractivity (Wildman–Crippen MR) is 95.5 cm³/mol. The van der Waals surface area contributed by atoms with Crippen LogP contribution in [0.3, 0.4) is 0 Å². The molecular formula is C18H20ClN3O. The smallest absolute Gasteiger partial charge is 0.193 e. The van der Waals surface area contributed by atoms with Crippen molar-refractivity contribution < 1.29 is 4.74 Å². The number of hydrogen-bond acceptors (Lipinski definition) is 2. The van der Waals surface area contributed by atoms with Gasteiger partial charge in [0.05, 0.1) is 13.7 Å². The maximum atomic E-state index is 6.00. The lowest BCUT2D eigenvalue weighted by molar-refractivity contribution is 0.415. The number of guanidine groups is 1. The number of halogens is 1. The molecule has 1 aliphatic carbocycles. The van der Waals surface area contributed by atoms with Crippen LogP contribution in [0.5, 0.6) is 5.75 Å². The third-order valence-electron chi connectivity index (χ3n) is 4.22. The molecule has 4 nitrogen and oxygen atoms in total. The number of rotatable bonds is 5. The molecule has 2 aromatic rings. The van der Waals surface area contributed by atoms with E-state index in [2.05, 4.69) is 22.4 Å². The molecule has 3 rings (SSSR count). The van der Waals surface area contributed by atoms with Gasteiger partial charge in [-0.3, -0.25) is 4.99 Å². The number of aliphatic imine (C=N–C) groups is 1. The number of anilines is 1. The first kappa shape index (κ1) is 15.7. The van der Waals surface area contributed by atoms with E-state index in [4.69, 9.17) is 22.1 Å². The third kappa shape index (κ3) is 3.77. The Morgan fingerprint density at radius 3 is 2.39 bits per heavy atom. The van der Waals surface area contributed by atoms with Crippen molar-refractivity contribution in [3.05, 3.63) is 59.1 Å². The molecule has 2 aromatic carbocycles. The summed E-state index contributed by atoms with van der Waals surface area (Å²) in [6, 6.07) is 15.6. The molecule has 0 aliphatic heterocycles. The van der Waals surface area contributed by atoms with Crippen LogP contribution in [-0.4, -0.2) is 19.6 Å². The molecule has 0 bridgehead atoms. The van der Waals surface area contributed by atoms with E-state index in [1.807, 2.05) is 36.4 Å². The molecule has 120 valence electrons. The summed E-state index contributed by atoms with van der Waals surface area (Å²) in [7, 11) is 1.64. The molecule has 1 fully saturated rings. The van der Waals surface area contributed by atoms with Crippen molar-refractivity contribution >= 4 is 23.2 Å². The predicted octanol–water partition coefficient (Wildman–Crippen LogP) is 3.81. The Kier molecular flexibility index (Phi) is 4.44. The Labute approximate surface area is 141 Å². The quantitative estimate of drug-likeness (QED) is 0.648. The van der Waals surface area contributed by atoms with Crippen molar-refractivity contribution in [3.63, 3.8) is 0 Å². The van der Waals surface area contributed by atoms with Crippen LogP contribution in [0.4, 0.5) is 5.69 Å². The van der Waals surface area contributed by atoms with Crippen LogP contribution < -0.4 is 15.8 Å². The summed E-state index contributed by atoms with van der Waals surface area (Å²) in [5.41, 5.74) is 8.29. The van der Waals surface area contributed by atoms with Gasteiger partial charge in [-0.2, -0.15) is 0 Å². The standard InChI is InChI=1S/C18H20ClN3O/c1-23-16-8-6-15(7-9-16)22-17(20)21-12-18(10-11-18)13-2-4-14(19)5-3-13/h2-9H,10-12H2,1H3,(H3,20,21,22). The highest BCUT2D eigenvalue weighted by Crippen LogP contribution is 2.48. The van der Waals surface area contributed by atoms with Crippen LogP contribution in [0.15, 0.2) is 53.5 Å². The summed E-state index contributed by atoms with van der Waals surface area (Å²) < 4.78 is 5.13. The second kappa shape index (κ2) is 6.50. The van der Waals surface area contributed by atoms with E-state index >= 15 is 0 Å². The molecule has 5 heteroatoms. The van der Waals surface area contributed by atoms with E-state index in [-0.39, 0.29) is 5.41 Å². The molecule has 0 unspecified atom stereocenters. The Hall–Kier alpha value is -2.20. The van der Waals surface area contributed by atoms with Crippen LogP contribution in [0.1, 0.15) is 18.4 Å². The molecular weight excluding hydrogens is 310 g/mol. The Bertz CT molecular complexity index is 691. The van der Waals surface area contributed by atoms with Gasteiger partial charge in [-0.25, -0.2) is 0 Å². The van der Waals surface area contributed by atoms with Crippen molar-refractivity contribution in [3.8, 4) is 5.75 Å². The van der Waals surface area contributed by atoms with Gasteiger partial charge in [-0.1, -0.05) is 23.7 Å². The van der Waals surface area contributed by atoms with Crippen molar-refractivity contribution in [2.75, 3.05) is 19.0 Å². The fourth-order valence-corrected chi connectivity index (χ4v) is 2.72. The zero-order valence-corrected chi connectivity index (χ0v) is 13.8. The number of benzene rings is 2. The van der Waals surface area contributed by atoms with E-state index in [0.29, 0.717) is 12.5 Å². The van der Waals surface area contributed by atoms with Crippen LogP contribution in [0, 0.1) is 0 Å². The van der Waals surface area contributed by atoms with Gasteiger partial charge >= 0.3 is 0 Å². The molecule has 1 aliphatic rings. The molecule has 0 heterocycles. The summed E-state index contributed by atoms with van der Waals surface area (Å²) in [4.78, 5) is 4.51. The molecule has 1 saturated carbocycles. The minimum absolute atomic E-state index is 0.122. The molecule has 23 heavy (non-hydrogen) atoms. The summed E-state index contributed by atoms with van der Waals surface area (Å²) in [5.74, 6) is 1.24. The van der Waals surface area contributed by atoms with Crippen LogP contribution in [0.2, 0.25) is 5.02 Å². The molecule has 0 amide bonds. The highest BCUT2D eigenvalue weighted by Gasteiger charge is 2.44. The highest BCUT2D eigenvalue weighted by atomic mass is 35.5. The normalized spacial score (nSPS) is 16.0. The van der Waals surface area contributed by atoms with Gasteiger partial charge in [-0.05, 0) is 54.8 Å². The average molecular weight is 330 g/mol. The molecule has 0 atom stereocenters. The van der Waals surface area contributed by atoms with Gasteiger partial charge in [0.2, 0.25) is 0 Å². The molecule has 0 spiro atoms. The topological polar surface area (TPSA) is 59.6 Å². The summed E-state index contributed by atoms with van der Waals surface area (Å²) >= 11 is 5.96. The number of nitrogens with one attached hydrogen (secondary N) is 1. The summed E-state index contributed by atoms with van der Waals surface area (Å²) in [6.07, 6.45) is 2.27. The molecule has 0 aromatic heterocycles. The lowest BCUT2D eigenvalue weighted by Gasteiger charge is -2.14. The van der Waals surface area contributed by atoms with Gasteiger partial charge in [0.1, 0.15) is 5.75 Å². The third-order valence-corrected chi connectivity index (χ3v) is 4.48. The zero-order valence-electron chi connectivity index (χ0n) is 13.1. The van der Waals surface area contributed by atoms with Crippen molar-refractivity contribution in [2.24, 2.45) is 10.7 Å². The van der Waals surface area contributed by atoms with E-state index in [9.17, 15) is 0 Å². The van der Waals surface area contributed by atoms with Crippen LogP contribution >= 0.6 is 11.6 Å². The van der Waals surface area contributed by atoms with Crippen molar-refractivity contribution in [1.82, 2.24) is 0 Å². The minimum Gasteiger partial charge on any atom is -0.497 e. The van der Waals surface area contributed by atoms with Crippen LogP contribution in [-0.2, 0) is 5.41 Å². The van der Waals surface area contributed by atoms with Gasteiger partial charge in [0, 0.05) is 16.1 Å². The maximum Gasteiger partial charge on any atom is 0.193 e. The van der Waals surface area contributed by atoms with Gasteiger partial charge in [-0.15, -0.1) is 0 Å². The van der Waals surface area contributed by atoms with E-state index in [1.165, 1.54) is 5.56 Å². The SMILES string of the molecule is COc1ccc(NC(N)=NCC2(c3ccc(Cl)cc3)CC2)cc1. The fourth-order valence-electron chi connectivity index (χ4n) is 2.59. The second-order valence-corrected chi connectivity index (χ2v) is 6.28. The van der Waals surface area contributed by atoms with Gasteiger partial charge < -0.3 is 15.8 Å². The average Bonchev–Trinajstić information content (AvgIpc) is 3.35. The van der Waals surface area contributed by atoms with Crippen molar-refractivity contribution in [2.45, 2.75) is 18.3 Å². The van der Waals surface area contributed by atoms with E-state index in [1.54, 1.807) is 7.11 Å². The van der Waals surface area contributed by atoms with Gasteiger partial charge in [0.15, 0.2) is 5.96 Å². The molecule has 0 saturated heterocycles. The Morgan fingerprint density at radius 2 is 1.83 bits per heavy atom. The lowest BCUT2D eigenvalue weighted by atomic mass is 9.96. The first-order chi connectivity index (χ1) is 11.1. The first-order valence-electron chi connectivity index (χ1n) is 7.58. The number of nitrogens with zero attached hydrogens (tertiary/aromatic N) is 1. The summed E-state index contributed by atoms with van der Waals surface area (Å²) in [5, 5.41) is 3.86. The van der Waals surface area contributed by atoms with E-state index < -0.39 is 0 Å². The minimum atomic E-state index is 0.122. The fraction of sp³-hybridized carbons (Fsp3) is 0.278. The molecule has 0 radical (unpaired) electrons. The number of methoxy groups -OCH3 is 1. The van der Waals surface area contributed by atoms with Gasteiger partial charge in [0.25, 0.3) is 0 Å².